The summed E-state index contributed by atoms with van der Waals surface area (Å²) in [6.45, 7) is 3.52. The Morgan fingerprint density at radius 1 is 1.33 bits per heavy atom. The quantitative estimate of drug-likeness (QED) is 0.469. The largest absolute Gasteiger partial charge is 0.460 e. The van der Waals surface area contributed by atoms with Crippen molar-refractivity contribution in [1.82, 2.24) is 0 Å². The van der Waals surface area contributed by atoms with E-state index in [1.807, 2.05) is 0 Å². The Hall–Kier alpha value is -0.520. The summed E-state index contributed by atoms with van der Waals surface area (Å²) < 4.78 is 11.1. The van der Waals surface area contributed by atoms with E-state index in [0.717, 1.165) is 17.7 Å². The number of benzene rings is 1. The first kappa shape index (κ1) is 15.5. The monoisotopic (exact) mass is 332 g/mol. The first-order valence-corrected chi connectivity index (χ1v) is 7.12. The maximum atomic E-state index is 11.8. The third-order valence-corrected chi connectivity index (χ3v) is 3.24. The maximum Gasteiger partial charge on any atom is 0.339 e. The molecule has 0 fully saturated rings. The van der Waals surface area contributed by atoms with Gasteiger partial charge in [0.2, 0.25) is 0 Å². The number of carbonyl (C=O) groups is 1. The van der Waals surface area contributed by atoms with Gasteiger partial charge < -0.3 is 9.47 Å². The van der Waals surface area contributed by atoms with Crippen molar-refractivity contribution in [3.8, 4) is 0 Å². The minimum absolute atomic E-state index is 0.270. The number of hydrogen-bond donors (Lipinski definition) is 1. The molecule has 0 radical (unpaired) electrons. The molecule has 0 heterocycles. The number of thiol groups is 1. The molecule has 0 N–H and O–H groups in total. The molecule has 5 heteroatoms. The number of carbonyl (C=O) groups excluding carboxylic acids is 1. The molecular formula is C13H17BrO3S. The van der Waals surface area contributed by atoms with Crippen molar-refractivity contribution >= 4 is 34.5 Å². The Labute approximate surface area is 121 Å². The van der Waals surface area contributed by atoms with Crippen molar-refractivity contribution in [2.75, 3.05) is 19.8 Å². The normalized spacial score (nSPS) is 10.4. The topological polar surface area (TPSA) is 35.5 Å². The molecule has 0 saturated carbocycles. The summed E-state index contributed by atoms with van der Waals surface area (Å²) in [5.74, 6) is -0.364. The van der Waals surface area contributed by atoms with Crippen LogP contribution in [-0.2, 0) is 9.47 Å². The fourth-order valence-corrected chi connectivity index (χ4v) is 1.90. The lowest BCUT2D eigenvalue weighted by atomic mass is 10.2. The van der Waals surface area contributed by atoms with E-state index >= 15 is 0 Å². The molecule has 0 spiro atoms. The molecule has 0 saturated heterocycles. The summed E-state index contributed by atoms with van der Waals surface area (Å²) in [6.07, 6.45) is 2.13. The number of rotatable bonds is 7. The molecule has 100 valence electrons. The Kier molecular flexibility index (Phi) is 7.39. The van der Waals surface area contributed by atoms with E-state index in [4.69, 9.17) is 9.47 Å². The fraction of sp³-hybridized carbons (Fsp3) is 0.462. The van der Waals surface area contributed by atoms with Crippen LogP contribution in [0.5, 0.6) is 0 Å². The SMILES string of the molecule is CCCCOCCOC(=O)c1cc(S)ccc1Br. The predicted molar refractivity (Wildman–Crippen MR) is 77.4 cm³/mol. The standard InChI is InChI=1S/C13H17BrO3S/c1-2-3-6-16-7-8-17-13(15)11-9-10(18)4-5-12(11)14/h4-5,9,18H,2-3,6-8H2,1H3. The average molecular weight is 333 g/mol. The van der Waals surface area contributed by atoms with Crippen LogP contribution in [0.4, 0.5) is 0 Å². The zero-order valence-electron chi connectivity index (χ0n) is 10.3. The van der Waals surface area contributed by atoms with Crippen LogP contribution in [0.25, 0.3) is 0 Å². The molecule has 1 aromatic carbocycles. The predicted octanol–water partition coefficient (Wildman–Crippen LogP) is 3.71. The van der Waals surface area contributed by atoms with Crippen LogP contribution in [0, 0.1) is 0 Å². The lowest BCUT2D eigenvalue weighted by molar-refractivity contribution is 0.0312. The summed E-state index contributed by atoms with van der Waals surface area (Å²) >= 11 is 7.50. The van der Waals surface area contributed by atoms with E-state index in [0.29, 0.717) is 23.2 Å². The van der Waals surface area contributed by atoms with E-state index in [-0.39, 0.29) is 12.6 Å². The first-order chi connectivity index (χ1) is 8.65. The minimum atomic E-state index is -0.364. The second-order valence-corrected chi connectivity index (χ2v) is 5.14. The van der Waals surface area contributed by atoms with Gasteiger partial charge in [-0.1, -0.05) is 13.3 Å². The molecule has 0 amide bonds. The van der Waals surface area contributed by atoms with Gasteiger partial charge >= 0.3 is 5.97 Å². The van der Waals surface area contributed by atoms with Gasteiger partial charge in [-0.25, -0.2) is 4.79 Å². The van der Waals surface area contributed by atoms with E-state index < -0.39 is 0 Å². The number of unbranched alkanes of at least 4 members (excludes halogenated alkanes) is 1. The van der Waals surface area contributed by atoms with E-state index in [9.17, 15) is 4.79 Å². The first-order valence-electron chi connectivity index (χ1n) is 5.88. The minimum Gasteiger partial charge on any atom is -0.460 e. The molecule has 0 atom stereocenters. The number of ether oxygens (including phenoxy) is 2. The smallest absolute Gasteiger partial charge is 0.339 e. The molecule has 0 aliphatic carbocycles. The van der Waals surface area contributed by atoms with E-state index in [1.54, 1.807) is 18.2 Å². The highest BCUT2D eigenvalue weighted by Gasteiger charge is 2.11. The molecule has 0 aromatic heterocycles. The van der Waals surface area contributed by atoms with Crippen LogP contribution in [0.15, 0.2) is 27.6 Å². The van der Waals surface area contributed by atoms with Crippen LogP contribution in [0.3, 0.4) is 0 Å². The van der Waals surface area contributed by atoms with Crippen LogP contribution in [-0.4, -0.2) is 25.8 Å². The summed E-state index contributed by atoms with van der Waals surface area (Å²) in [4.78, 5) is 12.5. The summed E-state index contributed by atoms with van der Waals surface area (Å²) in [7, 11) is 0. The van der Waals surface area contributed by atoms with Crippen LogP contribution in [0.1, 0.15) is 30.1 Å². The average Bonchev–Trinajstić information content (AvgIpc) is 2.36. The molecule has 3 nitrogen and oxygen atoms in total. The maximum absolute atomic E-state index is 11.8. The van der Waals surface area contributed by atoms with E-state index in [2.05, 4.69) is 35.5 Å². The lowest BCUT2D eigenvalue weighted by Gasteiger charge is -2.07. The summed E-state index contributed by atoms with van der Waals surface area (Å²) in [6, 6.07) is 5.25. The molecule has 1 rings (SSSR count). The Morgan fingerprint density at radius 3 is 2.83 bits per heavy atom. The van der Waals surface area contributed by atoms with Crippen LogP contribution < -0.4 is 0 Å². The van der Waals surface area contributed by atoms with Crippen molar-refractivity contribution in [3.63, 3.8) is 0 Å². The molecule has 0 unspecified atom stereocenters. The molecule has 0 bridgehead atoms. The number of halogens is 1. The third-order valence-electron chi connectivity index (χ3n) is 2.27. The number of esters is 1. The van der Waals surface area contributed by atoms with Gasteiger partial charge in [-0.05, 0) is 40.5 Å². The second-order valence-electron chi connectivity index (χ2n) is 3.77. The molecule has 0 aliphatic heterocycles. The van der Waals surface area contributed by atoms with Crippen molar-refractivity contribution in [2.24, 2.45) is 0 Å². The van der Waals surface area contributed by atoms with Crippen molar-refractivity contribution in [2.45, 2.75) is 24.7 Å². The highest BCUT2D eigenvalue weighted by molar-refractivity contribution is 9.10. The lowest BCUT2D eigenvalue weighted by Crippen LogP contribution is -2.11. The third kappa shape index (κ3) is 5.42. The second kappa shape index (κ2) is 8.56. The van der Waals surface area contributed by atoms with Gasteiger partial charge in [0.25, 0.3) is 0 Å². The molecular weight excluding hydrogens is 316 g/mol. The van der Waals surface area contributed by atoms with Crippen LogP contribution >= 0.6 is 28.6 Å². The zero-order chi connectivity index (χ0) is 13.4. The Balaban J connectivity index is 2.34. The molecule has 1 aromatic rings. The number of hydrogen-bond acceptors (Lipinski definition) is 4. The Morgan fingerprint density at radius 2 is 2.11 bits per heavy atom. The van der Waals surface area contributed by atoms with Crippen molar-refractivity contribution < 1.29 is 14.3 Å². The van der Waals surface area contributed by atoms with Crippen molar-refractivity contribution in [3.05, 3.63) is 28.2 Å². The Bertz CT molecular complexity index is 396. The van der Waals surface area contributed by atoms with Crippen molar-refractivity contribution in [1.29, 1.82) is 0 Å². The molecule has 0 aliphatic rings. The highest BCUT2D eigenvalue weighted by atomic mass is 79.9. The zero-order valence-corrected chi connectivity index (χ0v) is 12.8. The summed E-state index contributed by atoms with van der Waals surface area (Å²) in [5, 5.41) is 0. The van der Waals surface area contributed by atoms with Gasteiger partial charge in [0.05, 0.1) is 12.2 Å². The van der Waals surface area contributed by atoms with Gasteiger partial charge in [-0.3, -0.25) is 0 Å². The van der Waals surface area contributed by atoms with Gasteiger partial charge in [-0.15, -0.1) is 12.6 Å². The van der Waals surface area contributed by atoms with Gasteiger partial charge in [-0.2, -0.15) is 0 Å². The van der Waals surface area contributed by atoms with Crippen LogP contribution in [0.2, 0.25) is 0 Å². The van der Waals surface area contributed by atoms with Gasteiger partial charge in [0.1, 0.15) is 6.61 Å². The van der Waals surface area contributed by atoms with Gasteiger partial charge in [0.15, 0.2) is 0 Å². The summed E-state index contributed by atoms with van der Waals surface area (Å²) in [5.41, 5.74) is 0.482. The van der Waals surface area contributed by atoms with Gasteiger partial charge in [0, 0.05) is 16.0 Å². The fourth-order valence-electron chi connectivity index (χ4n) is 1.29. The van der Waals surface area contributed by atoms with E-state index in [1.165, 1.54) is 0 Å². The molecule has 18 heavy (non-hydrogen) atoms. The highest BCUT2D eigenvalue weighted by Crippen LogP contribution is 2.20.